The zero-order valence-corrected chi connectivity index (χ0v) is 8.98. The zero-order valence-electron chi connectivity index (χ0n) is 8.98. The molecule has 0 aliphatic carbocycles. The van der Waals surface area contributed by atoms with Crippen molar-refractivity contribution >= 4 is 18.0 Å². The molecule has 1 aromatic heterocycles. The van der Waals surface area contributed by atoms with Crippen molar-refractivity contribution < 1.29 is 23.5 Å². The molecular weight excluding hydrogens is 216 g/mol. The first-order valence-electron chi connectivity index (χ1n) is 4.60. The number of carbonyl (C=O) groups excluding carboxylic acids is 2. The van der Waals surface area contributed by atoms with Gasteiger partial charge in [-0.3, -0.25) is 4.79 Å². The van der Waals surface area contributed by atoms with E-state index in [1.54, 1.807) is 6.92 Å². The Morgan fingerprint density at radius 3 is 2.94 bits per heavy atom. The monoisotopic (exact) mass is 228 g/mol. The molecule has 1 rings (SSSR count). The lowest BCUT2D eigenvalue weighted by Crippen LogP contribution is -2.15. The predicted octanol–water partition coefficient (Wildman–Crippen LogP) is 0.436. The van der Waals surface area contributed by atoms with Crippen LogP contribution in [-0.2, 0) is 14.3 Å². The number of aromatic nitrogens is 1. The van der Waals surface area contributed by atoms with Gasteiger partial charge in [-0.25, -0.2) is 4.79 Å². The summed E-state index contributed by atoms with van der Waals surface area (Å²) in [6.45, 7) is 1.87. The van der Waals surface area contributed by atoms with Crippen molar-refractivity contribution in [2.24, 2.45) is 0 Å². The van der Waals surface area contributed by atoms with Crippen LogP contribution in [0, 0.1) is 0 Å². The second kappa shape index (κ2) is 5.74. The standard InChI is InChI=1S/C9H12N2O5/c1-3-15-8(13)6-5-16-9(11-6)10-4-7(12)14-2/h5H,3-4H2,1-2H3,(H,10,11). The first-order valence-corrected chi connectivity index (χ1v) is 4.60. The average molecular weight is 228 g/mol. The zero-order chi connectivity index (χ0) is 12.0. The number of anilines is 1. The highest BCUT2D eigenvalue weighted by Gasteiger charge is 2.13. The third kappa shape index (κ3) is 3.26. The van der Waals surface area contributed by atoms with Crippen molar-refractivity contribution in [1.82, 2.24) is 4.98 Å². The lowest BCUT2D eigenvalue weighted by atomic mass is 10.5. The molecule has 1 aromatic rings. The minimum Gasteiger partial charge on any atom is -0.468 e. The minimum absolute atomic E-state index is 0.0502. The predicted molar refractivity (Wildman–Crippen MR) is 53.0 cm³/mol. The normalized spacial score (nSPS) is 9.62. The Labute approximate surface area is 91.7 Å². The first kappa shape index (κ1) is 12.0. The van der Waals surface area contributed by atoms with Crippen LogP contribution < -0.4 is 5.32 Å². The number of esters is 2. The van der Waals surface area contributed by atoms with E-state index in [0.29, 0.717) is 0 Å². The third-order valence-corrected chi connectivity index (χ3v) is 1.60. The molecule has 0 fully saturated rings. The fourth-order valence-corrected chi connectivity index (χ4v) is 0.874. The van der Waals surface area contributed by atoms with Crippen LogP contribution in [0.25, 0.3) is 0 Å². The number of rotatable bonds is 5. The van der Waals surface area contributed by atoms with E-state index < -0.39 is 11.9 Å². The molecule has 88 valence electrons. The summed E-state index contributed by atoms with van der Waals surface area (Å²) in [5, 5.41) is 2.55. The van der Waals surface area contributed by atoms with E-state index in [4.69, 9.17) is 9.15 Å². The molecule has 0 amide bonds. The second-order valence-electron chi connectivity index (χ2n) is 2.69. The minimum atomic E-state index is -0.572. The molecule has 0 unspecified atom stereocenters. The maximum atomic E-state index is 11.2. The summed E-state index contributed by atoms with van der Waals surface area (Å²) >= 11 is 0. The van der Waals surface area contributed by atoms with Gasteiger partial charge in [-0.1, -0.05) is 0 Å². The van der Waals surface area contributed by atoms with Crippen molar-refractivity contribution in [2.75, 3.05) is 25.6 Å². The lowest BCUT2D eigenvalue weighted by Gasteiger charge is -1.98. The van der Waals surface area contributed by atoms with Crippen molar-refractivity contribution in [3.8, 4) is 0 Å². The van der Waals surface area contributed by atoms with Crippen molar-refractivity contribution in [1.29, 1.82) is 0 Å². The van der Waals surface area contributed by atoms with Gasteiger partial charge < -0.3 is 19.2 Å². The molecule has 0 bridgehead atoms. The molecule has 0 radical (unpaired) electrons. The van der Waals surface area contributed by atoms with Crippen LogP contribution in [0.2, 0.25) is 0 Å². The fraction of sp³-hybridized carbons (Fsp3) is 0.444. The molecule has 0 saturated carbocycles. The van der Waals surface area contributed by atoms with Gasteiger partial charge in [-0.15, -0.1) is 0 Å². The van der Waals surface area contributed by atoms with Crippen LogP contribution in [0.1, 0.15) is 17.4 Å². The molecule has 7 heteroatoms. The van der Waals surface area contributed by atoms with Gasteiger partial charge in [0.15, 0.2) is 5.69 Å². The quantitative estimate of drug-likeness (QED) is 0.731. The van der Waals surface area contributed by atoms with Crippen LogP contribution in [0.15, 0.2) is 10.7 Å². The van der Waals surface area contributed by atoms with E-state index in [0.717, 1.165) is 6.26 Å². The van der Waals surface area contributed by atoms with Gasteiger partial charge in [0, 0.05) is 0 Å². The Hall–Kier alpha value is -2.05. The summed E-state index contributed by atoms with van der Waals surface area (Å²) < 4.78 is 14.0. The lowest BCUT2D eigenvalue weighted by molar-refractivity contribution is -0.138. The van der Waals surface area contributed by atoms with Gasteiger partial charge in [0.1, 0.15) is 12.8 Å². The molecule has 16 heavy (non-hydrogen) atoms. The number of hydrogen-bond acceptors (Lipinski definition) is 7. The van der Waals surface area contributed by atoms with Crippen molar-refractivity contribution in [3.63, 3.8) is 0 Å². The van der Waals surface area contributed by atoms with Crippen molar-refractivity contribution in [3.05, 3.63) is 12.0 Å². The van der Waals surface area contributed by atoms with Crippen molar-refractivity contribution in [2.45, 2.75) is 6.92 Å². The number of ether oxygens (including phenoxy) is 2. The number of hydrogen-bond donors (Lipinski definition) is 1. The number of oxazole rings is 1. The first-order chi connectivity index (χ1) is 7.67. The number of carbonyl (C=O) groups is 2. The number of nitrogens with one attached hydrogen (secondary N) is 1. The smallest absolute Gasteiger partial charge is 0.360 e. The van der Waals surface area contributed by atoms with E-state index in [1.165, 1.54) is 7.11 Å². The van der Waals surface area contributed by atoms with E-state index >= 15 is 0 Å². The largest absolute Gasteiger partial charge is 0.468 e. The van der Waals surface area contributed by atoms with E-state index in [-0.39, 0.29) is 24.9 Å². The van der Waals surface area contributed by atoms with Gasteiger partial charge >= 0.3 is 11.9 Å². The summed E-state index contributed by atoms with van der Waals surface area (Å²) in [7, 11) is 1.27. The summed E-state index contributed by atoms with van der Waals surface area (Å²) in [5.41, 5.74) is 0.0502. The molecule has 1 N–H and O–H groups in total. The Kier molecular flexibility index (Phi) is 4.31. The highest BCUT2D eigenvalue weighted by molar-refractivity contribution is 5.87. The molecular formula is C9H12N2O5. The highest BCUT2D eigenvalue weighted by Crippen LogP contribution is 2.08. The summed E-state index contributed by atoms with van der Waals surface area (Å²) in [6.07, 6.45) is 1.15. The molecule has 0 saturated heterocycles. The van der Waals surface area contributed by atoms with E-state index in [1.807, 2.05) is 0 Å². The molecule has 0 atom stereocenters. The molecule has 0 aliphatic rings. The van der Waals surface area contributed by atoms with Crippen LogP contribution in [0.4, 0.5) is 6.01 Å². The Bertz CT molecular complexity index is 374. The maximum Gasteiger partial charge on any atom is 0.360 e. The number of nitrogens with zero attached hydrogens (tertiary/aromatic N) is 1. The molecule has 0 aliphatic heterocycles. The van der Waals surface area contributed by atoms with Gasteiger partial charge in [-0.2, -0.15) is 4.98 Å². The average Bonchev–Trinajstić information content (AvgIpc) is 2.75. The van der Waals surface area contributed by atoms with Crippen LogP contribution in [-0.4, -0.2) is 37.2 Å². The fourth-order valence-electron chi connectivity index (χ4n) is 0.874. The van der Waals surface area contributed by atoms with Gasteiger partial charge in [0.05, 0.1) is 13.7 Å². The Morgan fingerprint density at radius 2 is 2.31 bits per heavy atom. The van der Waals surface area contributed by atoms with E-state index in [9.17, 15) is 9.59 Å². The Balaban J connectivity index is 2.51. The van der Waals surface area contributed by atoms with E-state index in [2.05, 4.69) is 15.0 Å². The van der Waals surface area contributed by atoms with Gasteiger partial charge in [0.25, 0.3) is 6.01 Å². The van der Waals surface area contributed by atoms with Gasteiger partial charge in [-0.05, 0) is 6.92 Å². The maximum absolute atomic E-state index is 11.2. The SMILES string of the molecule is CCOC(=O)c1coc(NCC(=O)OC)n1. The topological polar surface area (TPSA) is 90.7 Å². The molecule has 1 heterocycles. The van der Waals surface area contributed by atoms with Crippen LogP contribution in [0.3, 0.4) is 0 Å². The second-order valence-corrected chi connectivity index (χ2v) is 2.69. The third-order valence-electron chi connectivity index (χ3n) is 1.60. The molecule has 0 spiro atoms. The summed E-state index contributed by atoms with van der Waals surface area (Å²) in [4.78, 5) is 25.7. The highest BCUT2D eigenvalue weighted by atomic mass is 16.5. The van der Waals surface area contributed by atoms with Crippen LogP contribution >= 0.6 is 0 Å². The number of methoxy groups -OCH3 is 1. The van der Waals surface area contributed by atoms with Crippen LogP contribution in [0.5, 0.6) is 0 Å². The summed E-state index contributed by atoms with van der Waals surface area (Å²) in [5.74, 6) is -1.03. The Morgan fingerprint density at radius 1 is 1.56 bits per heavy atom. The molecule has 7 nitrogen and oxygen atoms in total. The summed E-state index contributed by atoms with van der Waals surface area (Å²) in [6, 6.07) is 0.0634. The molecule has 0 aromatic carbocycles. The van der Waals surface area contributed by atoms with Gasteiger partial charge in [0.2, 0.25) is 0 Å².